The lowest BCUT2D eigenvalue weighted by molar-refractivity contribution is 0.479. The first-order chi connectivity index (χ1) is 8.37. The average Bonchev–Trinajstić information content (AvgIpc) is 2.20. The van der Waals surface area contributed by atoms with E-state index in [9.17, 15) is 8.42 Å². The van der Waals surface area contributed by atoms with Gasteiger partial charge in [0.05, 0.1) is 5.75 Å². The summed E-state index contributed by atoms with van der Waals surface area (Å²) in [6.07, 6.45) is 1.36. The van der Waals surface area contributed by atoms with Crippen molar-refractivity contribution in [2.75, 3.05) is 18.8 Å². The van der Waals surface area contributed by atoms with Crippen LogP contribution in [0.15, 0.2) is 18.2 Å². The molecule has 0 bridgehead atoms. The zero-order valence-corrected chi connectivity index (χ0v) is 11.8. The normalized spacial score (nSPS) is 11.7. The molecule has 1 aromatic carbocycles. The van der Waals surface area contributed by atoms with Crippen LogP contribution in [-0.4, -0.2) is 31.8 Å². The van der Waals surface area contributed by atoms with Crippen LogP contribution >= 0.6 is 0 Å². The Bertz CT molecular complexity index is 463. The van der Waals surface area contributed by atoms with Gasteiger partial charge in [-0.1, -0.05) is 29.3 Å². The number of aryl methyl sites for hydroxylation is 2. The molecule has 0 radical (unpaired) electrons. The molecule has 0 aliphatic carbocycles. The summed E-state index contributed by atoms with van der Waals surface area (Å²) in [5.41, 5.74) is 3.81. The third-order valence-corrected chi connectivity index (χ3v) is 3.43. The van der Waals surface area contributed by atoms with Crippen LogP contribution < -0.4 is 5.32 Å². The smallest absolute Gasteiger partial charge is 0.264 e. The van der Waals surface area contributed by atoms with Crippen LogP contribution in [0.4, 0.5) is 0 Å². The summed E-state index contributed by atoms with van der Waals surface area (Å²) in [4.78, 5) is 0. The summed E-state index contributed by atoms with van der Waals surface area (Å²) in [5.74, 6) is -0.177. The van der Waals surface area contributed by atoms with Crippen LogP contribution in [0.5, 0.6) is 0 Å². The minimum Gasteiger partial charge on any atom is -0.316 e. The van der Waals surface area contributed by atoms with Crippen molar-refractivity contribution in [1.29, 1.82) is 0 Å². The molecule has 0 saturated carbocycles. The SMILES string of the molecule is Cc1cc(C)cc(CCNCCCS(=O)(=O)O)c1. The second-order valence-corrected chi connectivity index (χ2v) is 6.21. The molecule has 0 unspecified atom stereocenters. The van der Waals surface area contributed by atoms with Gasteiger partial charge < -0.3 is 5.32 Å². The highest BCUT2D eigenvalue weighted by molar-refractivity contribution is 7.85. The Morgan fingerprint density at radius 1 is 1.11 bits per heavy atom. The monoisotopic (exact) mass is 271 g/mol. The Morgan fingerprint density at radius 2 is 1.72 bits per heavy atom. The van der Waals surface area contributed by atoms with Crippen molar-refractivity contribution in [3.8, 4) is 0 Å². The molecule has 2 N–H and O–H groups in total. The highest BCUT2D eigenvalue weighted by Gasteiger charge is 2.02. The molecule has 102 valence electrons. The van der Waals surface area contributed by atoms with Crippen molar-refractivity contribution < 1.29 is 13.0 Å². The molecule has 5 heteroatoms. The van der Waals surface area contributed by atoms with Crippen LogP contribution in [-0.2, 0) is 16.5 Å². The Hall–Kier alpha value is -0.910. The molecule has 0 aliphatic heterocycles. The van der Waals surface area contributed by atoms with Crippen molar-refractivity contribution in [1.82, 2.24) is 5.32 Å². The molecule has 0 heterocycles. The fourth-order valence-corrected chi connectivity index (χ4v) is 2.46. The topological polar surface area (TPSA) is 66.4 Å². The molecule has 1 rings (SSSR count). The molecule has 0 atom stereocenters. The highest BCUT2D eigenvalue weighted by Crippen LogP contribution is 2.08. The number of hydrogen-bond acceptors (Lipinski definition) is 3. The first-order valence-corrected chi connectivity index (χ1v) is 7.71. The Labute approximate surface area is 109 Å². The van der Waals surface area contributed by atoms with E-state index in [0.29, 0.717) is 13.0 Å². The summed E-state index contributed by atoms with van der Waals surface area (Å²) < 4.78 is 29.5. The van der Waals surface area contributed by atoms with Gasteiger partial charge in [-0.15, -0.1) is 0 Å². The van der Waals surface area contributed by atoms with Crippen LogP contribution in [0, 0.1) is 13.8 Å². The molecular weight excluding hydrogens is 250 g/mol. The summed E-state index contributed by atoms with van der Waals surface area (Å²) in [7, 11) is -3.81. The van der Waals surface area contributed by atoms with E-state index in [2.05, 4.69) is 37.4 Å². The van der Waals surface area contributed by atoms with Crippen LogP contribution in [0.1, 0.15) is 23.1 Å². The van der Waals surface area contributed by atoms with E-state index >= 15 is 0 Å². The van der Waals surface area contributed by atoms with Gasteiger partial charge in [0.25, 0.3) is 10.1 Å². The highest BCUT2D eigenvalue weighted by atomic mass is 32.2. The lowest BCUT2D eigenvalue weighted by Crippen LogP contribution is -2.21. The molecule has 0 spiro atoms. The number of benzene rings is 1. The maximum absolute atomic E-state index is 10.5. The zero-order valence-electron chi connectivity index (χ0n) is 10.9. The Morgan fingerprint density at radius 3 is 2.28 bits per heavy atom. The fraction of sp³-hybridized carbons (Fsp3) is 0.538. The molecule has 1 aromatic rings. The predicted octanol–water partition coefficient (Wildman–Crippen LogP) is 1.71. The van der Waals surface area contributed by atoms with Crippen LogP contribution in [0.2, 0.25) is 0 Å². The lowest BCUT2D eigenvalue weighted by Gasteiger charge is -2.06. The summed E-state index contributed by atoms with van der Waals surface area (Å²) in [6.45, 7) is 5.57. The first-order valence-electron chi connectivity index (χ1n) is 6.10. The van der Waals surface area contributed by atoms with Gasteiger partial charge in [0.2, 0.25) is 0 Å². The van der Waals surface area contributed by atoms with E-state index < -0.39 is 10.1 Å². The van der Waals surface area contributed by atoms with Crippen molar-refractivity contribution in [3.63, 3.8) is 0 Å². The van der Waals surface area contributed by atoms with Gasteiger partial charge in [0, 0.05) is 0 Å². The largest absolute Gasteiger partial charge is 0.316 e. The predicted molar refractivity (Wildman–Crippen MR) is 73.5 cm³/mol. The molecule has 4 nitrogen and oxygen atoms in total. The van der Waals surface area contributed by atoms with Gasteiger partial charge in [0.1, 0.15) is 0 Å². The van der Waals surface area contributed by atoms with Gasteiger partial charge in [0.15, 0.2) is 0 Å². The van der Waals surface area contributed by atoms with Gasteiger partial charge in [-0.2, -0.15) is 8.42 Å². The van der Waals surface area contributed by atoms with E-state index in [1.807, 2.05) is 0 Å². The van der Waals surface area contributed by atoms with Gasteiger partial charge in [-0.05, 0) is 45.3 Å². The second kappa shape index (κ2) is 6.87. The van der Waals surface area contributed by atoms with Crippen LogP contribution in [0.25, 0.3) is 0 Å². The van der Waals surface area contributed by atoms with E-state index in [1.165, 1.54) is 16.7 Å². The molecule has 0 amide bonds. The first kappa shape index (κ1) is 15.1. The van der Waals surface area contributed by atoms with Crippen molar-refractivity contribution >= 4 is 10.1 Å². The number of rotatable bonds is 7. The van der Waals surface area contributed by atoms with Crippen molar-refractivity contribution in [2.24, 2.45) is 0 Å². The maximum Gasteiger partial charge on any atom is 0.264 e. The zero-order chi connectivity index (χ0) is 13.6. The third-order valence-electron chi connectivity index (χ3n) is 2.63. The maximum atomic E-state index is 10.5. The molecule has 0 aliphatic rings. The number of nitrogens with one attached hydrogen (secondary N) is 1. The van der Waals surface area contributed by atoms with E-state index in [4.69, 9.17) is 4.55 Å². The molecule has 0 aromatic heterocycles. The van der Waals surface area contributed by atoms with Gasteiger partial charge >= 0.3 is 0 Å². The fourth-order valence-electron chi connectivity index (χ4n) is 1.95. The average molecular weight is 271 g/mol. The lowest BCUT2D eigenvalue weighted by atomic mass is 10.1. The standard InChI is InChI=1S/C13H21NO3S/c1-11-8-12(2)10-13(9-11)4-6-14-5-3-7-18(15,16)17/h8-10,14H,3-7H2,1-2H3,(H,15,16,17). The molecule has 18 heavy (non-hydrogen) atoms. The Kier molecular flexibility index (Phi) is 5.78. The molecule has 0 fully saturated rings. The minimum atomic E-state index is -3.81. The summed E-state index contributed by atoms with van der Waals surface area (Å²) in [6, 6.07) is 6.46. The third kappa shape index (κ3) is 6.74. The van der Waals surface area contributed by atoms with E-state index in [0.717, 1.165) is 13.0 Å². The summed E-state index contributed by atoms with van der Waals surface area (Å²) in [5, 5.41) is 3.17. The van der Waals surface area contributed by atoms with Crippen LogP contribution in [0.3, 0.4) is 0 Å². The van der Waals surface area contributed by atoms with Gasteiger partial charge in [-0.25, -0.2) is 0 Å². The Balaban J connectivity index is 2.22. The summed E-state index contributed by atoms with van der Waals surface area (Å²) >= 11 is 0. The quantitative estimate of drug-likeness (QED) is 0.585. The van der Waals surface area contributed by atoms with Gasteiger partial charge in [-0.3, -0.25) is 4.55 Å². The number of hydrogen-bond donors (Lipinski definition) is 2. The second-order valence-electron chi connectivity index (χ2n) is 4.64. The molecule has 0 saturated heterocycles. The van der Waals surface area contributed by atoms with E-state index in [1.54, 1.807) is 0 Å². The van der Waals surface area contributed by atoms with Crippen molar-refractivity contribution in [2.45, 2.75) is 26.7 Å². The minimum absolute atomic E-state index is 0.177. The molecular formula is C13H21NO3S. The van der Waals surface area contributed by atoms with Crippen molar-refractivity contribution in [3.05, 3.63) is 34.9 Å². The van der Waals surface area contributed by atoms with E-state index in [-0.39, 0.29) is 5.75 Å².